The summed E-state index contributed by atoms with van der Waals surface area (Å²) in [6.45, 7) is 5.89. The van der Waals surface area contributed by atoms with E-state index in [0.29, 0.717) is 15.7 Å². The lowest BCUT2D eigenvalue weighted by molar-refractivity contribution is 0.0973. The number of benzene rings is 1. The zero-order valence-corrected chi connectivity index (χ0v) is 12.9. The maximum absolute atomic E-state index is 12.0. The molecule has 0 atom stereocenters. The summed E-state index contributed by atoms with van der Waals surface area (Å²) >= 11 is 11.1. The summed E-state index contributed by atoms with van der Waals surface area (Å²) in [7, 11) is 0. The van der Waals surface area contributed by atoms with Crippen molar-refractivity contribution >= 4 is 34.8 Å². The van der Waals surface area contributed by atoms with E-state index in [-0.39, 0.29) is 5.91 Å². The zero-order chi connectivity index (χ0) is 14.3. The monoisotopic (exact) mass is 298 g/mol. The predicted molar refractivity (Wildman–Crippen MR) is 83.7 cm³/mol. The van der Waals surface area contributed by atoms with Gasteiger partial charge in [0.1, 0.15) is 0 Å². The van der Waals surface area contributed by atoms with Crippen LogP contribution in [0, 0.1) is 0 Å². The maximum atomic E-state index is 12.0. The Morgan fingerprint density at radius 2 is 1.74 bits per heavy atom. The third kappa shape index (κ3) is 5.17. The van der Waals surface area contributed by atoms with E-state index in [9.17, 15) is 4.79 Å². The largest absolute Gasteiger partial charge is 0.349 e. The van der Waals surface area contributed by atoms with Gasteiger partial charge in [0.25, 0.3) is 5.91 Å². The molecule has 0 spiro atoms. The van der Waals surface area contributed by atoms with Gasteiger partial charge in [-0.15, -0.1) is 0 Å². The highest BCUT2D eigenvalue weighted by molar-refractivity contribution is 7.80. The summed E-state index contributed by atoms with van der Waals surface area (Å²) < 4.78 is 0. The van der Waals surface area contributed by atoms with Gasteiger partial charge in [-0.1, -0.05) is 25.4 Å². The Morgan fingerprint density at radius 3 is 2.21 bits per heavy atom. The quantitative estimate of drug-likeness (QED) is 0.845. The van der Waals surface area contributed by atoms with E-state index in [4.69, 9.17) is 23.8 Å². The van der Waals surface area contributed by atoms with Gasteiger partial charge in [0.2, 0.25) is 0 Å². The van der Waals surface area contributed by atoms with Crippen molar-refractivity contribution in [3.05, 3.63) is 34.9 Å². The van der Waals surface area contributed by atoms with E-state index >= 15 is 0 Å². The molecule has 0 aromatic heterocycles. The lowest BCUT2D eigenvalue weighted by Gasteiger charge is -2.24. The minimum atomic E-state index is -0.195. The molecule has 0 unspecified atom stereocenters. The standard InChI is InChI=1S/C14H19ClN2OS/c1-3-9-17(10-4-2)14(19)16-13(18)11-5-7-12(15)8-6-11/h5-8H,3-4,9-10H2,1-2H3,(H,16,18,19). The second kappa shape index (κ2) is 8.12. The SMILES string of the molecule is CCCN(CCC)C(=S)NC(=O)c1ccc(Cl)cc1. The van der Waals surface area contributed by atoms with Crippen LogP contribution in [0.2, 0.25) is 5.02 Å². The maximum Gasteiger partial charge on any atom is 0.257 e. The summed E-state index contributed by atoms with van der Waals surface area (Å²) in [5.41, 5.74) is 0.555. The fraction of sp³-hybridized carbons (Fsp3) is 0.429. The van der Waals surface area contributed by atoms with Crippen LogP contribution in [-0.4, -0.2) is 29.0 Å². The average molecular weight is 299 g/mol. The van der Waals surface area contributed by atoms with Crippen molar-refractivity contribution in [2.75, 3.05) is 13.1 Å². The van der Waals surface area contributed by atoms with Crippen LogP contribution < -0.4 is 5.32 Å². The topological polar surface area (TPSA) is 32.3 Å². The second-order valence-electron chi connectivity index (χ2n) is 4.25. The number of thiocarbonyl (C=S) groups is 1. The van der Waals surface area contributed by atoms with E-state index in [1.165, 1.54) is 0 Å². The van der Waals surface area contributed by atoms with Crippen LogP contribution >= 0.6 is 23.8 Å². The van der Waals surface area contributed by atoms with Crippen LogP contribution in [0.4, 0.5) is 0 Å². The van der Waals surface area contributed by atoms with Gasteiger partial charge in [0.15, 0.2) is 5.11 Å². The van der Waals surface area contributed by atoms with Crippen LogP contribution in [-0.2, 0) is 0 Å². The Kier molecular flexibility index (Phi) is 6.81. The first kappa shape index (κ1) is 15.9. The van der Waals surface area contributed by atoms with Crippen LogP contribution in [0.25, 0.3) is 0 Å². The molecule has 5 heteroatoms. The first-order valence-corrected chi connectivity index (χ1v) is 7.23. The molecule has 1 aromatic rings. The first-order valence-electron chi connectivity index (χ1n) is 6.44. The third-order valence-corrected chi connectivity index (χ3v) is 3.21. The molecule has 1 rings (SSSR count). The molecule has 0 heterocycles. The summed E-state index contributed by atoms with van der Waals surface area (Å²) in [6, 6.07) is 6.75. The molecule has 0 fully saturated rings. The van der Waals surface area contributed by atoms with Crippen LogP contribution in [0.15, 0.2) is 24.3 Å². The van der Waals surface area contributed by atoms with E-state index in [1.807, 2.05) is 4.90 Å². The van der Waals surface area contributed by atoms with Crippen molar-refractivity contribution in [1.82, 2.24) is 10.2 Å². The Labute approximate surface area is 124 Å². The molecule has 104 valence electrons. The van der Waals surface area contributed by atoms with Crippen molar-refractivity contribution in [2.45, 2.75) is 26.7 Å². The number of carbonyl (C=O) groups is 1. The smallest absolute Gasteiger partial charge is 0.257 e. The van der Waals surface area contributed by atoms with Gasteiger partial charge in [-0.25, -0.2) is 0 Å². The fourth-order valence-corrected chi connectivity index (χ4v) is 2.11. The van der Waals surface area contributed by atoms with Crippen molar-refractivity contribution < 1.29 is 4.79 Å². The molecule has 0 saturated heterocycles. The number of hydrogen-bond acceptors (Lipinski definition) is 2. The van der Waals surface area contributed by atoms with Crippen molar-refractivity contribution in [3.63, 3.8) is 0 Å². The van der Waals surface area contributed by atoms with Gasteiger partial charge < -0.3 is 4.90 Å². The summed E-state index contributed by atoms with van der Waals surface area (Å²) in [6.07, 6.45) is 1.99. The Hall–Kier alpha value is -1.13. The van der Waals surface area contributed by atoms with Crippen molar-refractivity contribution in [1.29, 1.82) is 0 Å². The molecule has 0 aliphatic rings. The average Bonchev–Trinajstić information content (AvgIpc) is 2.39. The van der Waals surface area contributed by atoms with Crippen LogP contribution in [0.1, 0.15) is 37.0 Å². The number of nitrogens with one attached hydrogen (secondary N) is 1. The Bertz CT molecular complexity index is 428. The number of hydrogen-bond donors (Lipinski definition) is 1. The molecule has 0 aliphatic heterocycles. The zero-order valence-electron chi connectivity index (χ0n) is 11.3. The first-order chi connectivity index (χ1) is 9.08. The number of carbonyl (C=O) groups excluding carboxylic acids is 1. The van der Waals surface area contributed by atoms with Crippen molar-refractivity contribution in [2.24, 2.45) is 0 Å². The summed E-state index contributed by atoms with van der Waals surface area (Å²) in [5.74, 6) is -0.195. The molecule has 19 heavy (non-hydrogen) atoms. The van der Waals surface area contributed by atoms with Crippen LogP contribution in [0.5, 0.6) is 0 Å². The Balaban J connectivity index is 2.64. The fourth-order valence-electron chi connectivity index (χ4n) is 1.70. The number of nitrogens with zero attached hydrogens (tertiary/aromatic N) is 1. The number of halogens is 1. The van der Waals surface area contributed by atoms with E-state index < -0.39 is 0 Å². The number of amides is 1. The van der Waals surface area contributed by atoms with E-state index in [1.54, 1.807) is 24.3 Å². The van der Waals surface area contributed by atoms with Crippen molar-refractivity contribution in [3.8, 4) is 0 Å². The molecular formula is C14H19ClN2OS. The van der Waals surface area contributed by atoms with E-state index in [2.05, 4.69) is 19.2 Å². The van der Waals surface area contributed by atoms with Gasteiger partial charge in [-0.2, -0.15) is 0 Å². The van der Waals surface area contributed by atoms with Gasteiger partial charge in [0, 0.05) is 23.7 Å². The molecule has 0 bridgehead atoms. The highest BCUT2D eigenvalue weighted by Gasteiger charge is 2.12. The van der Waals surface area contributed by atoms with Gasteiger partial charge >= 0.3 is 0 Å². The van der Waals surface area contributed by atoms with Gasteiger partial charge in [-0.05, 0) is 49.3 Å². The summed E-state index contributed by atoms with van der Waals surface area (Å²) in [5, 5.41) is 3.86. The van der Waals surface area contributed by atoms with Gasteiger partial charge in [-0.3, -0.25) is 10.1 Å². The molecule has 0 aliphatic carbocycles. The normalized spacial score (nSPS) is 10.1. The predicted octanol–water partition coefficient (Wildman–Crippen LogP) is 3.48. The molecule has 1 N–H and O–H groups in total. The molecule has 0 saturated carbocycles. The molecule has 0 radical (unpaired) electrons. The molecule has 1 amide bonds. The lowest BCUT2D eigenvalue weighted by Crippen LogP contribution is -2.43. The van der Waals surface area contributed by atoms with E-state index in [0.717, 1.165) is 25.9 Å². The second-order valence-corrected chi connectivity index (χ2v) is 5.08. The highest BCUT2D eigenvalue weighted by Crippen LogP contribution is 2.09. The minimum absolute atomic E-state index is 0.195. The number of rotatable bonds is 5. The highest BCUT2D eigenvalue weighted by atomic mass is 35.5. The lowest BCUT2D eigenvalue weighted by atomic mass is 10.2. The van der Waals surface area contributed by atoms with Gasteiger partial charge in [0.05, 0.1) is 0 Å². The minimum Gasteiger partial charge on any atom is -0.349 e. The molecule has 3 nitrogen and oxygen atoms in total. The third-order valence-electron chi connectivity index (χ3n) is 2.60. The van der Waals surface area contributed by atoms with Crippen LogP contribution in [0.3, 0.4) is 0 Å². The molecule has 1 aromatic carbocycles. The summed E-state index contributed by atoms with van der Waals surface area (Å²) in [4.78, 5) is 14.0. The molecular weight excluding hydrogens is 280 g/mol. The Morgan fingerprint density at radius 1 is 1.21 bits per heavy atom.